The number of hydrogen-bond donors (Lipinski definition) is 2. The van der Waals surface area contributed by atoms with Crippen LogP contribution in [0.1, 0.15) is 35.6 Å². The molecule has 4 aromatic rings. The van der Waals surface area contributed by atoms with Crippen molar-refractivity contribution in [3.8, 4) is 5.75 Å². The highest BCUT2D eigenvalue weighted by atomic mass is 79.9. The van der Waals surface area contributed by atoms with Crippen molar-refractivity contribution in [3.63, 3.8) is 0 Å². The van der Waals surface area contributed by atoms with E-state index in [9.17, 15) is 13.2 Å². The van der Waals surface area contributed by atoms with E-state index in [0.29, 0.717) is 42.9 Å². The number of carbonyl (C=O) groups excluding carboxylic acids is 1. The van der Waals surface area contributed by atoms with Crippen LogP contribution in [0.5, 0.6) is 5.75 Å². The second-order valence-corrected chi connectivity index (χ2v) is 14.8. The van der Waals surface area contributed by atoms with Gasteiger partial charge in [-0.1, -0.05) is 74.3 Å². The summed E-state index contributed by atoms with van der Waals surface area (Å²) in [5.41, 5.74) is 0.765. The van der Waals surface area contributed by atoms with Crippen LogP contribution in [0.15, 0.2) is 122 Å². The lowest BCUT2D eigenvalue weighted by Gasteiger charge is -2.30. The third-order valence-corrected chi connectivity index (χ3v) is 10.5. The fraction of sp³-hybridized carbons (Fsp3) is 0.257. The smallest absolute Gasteiger partial charge is 0.252 e. The average Bonchev–Trinajstić information content (AvgIpc) is 3.47. The van der Waals surface area contributed by atoms with Gasteiger partial charge in [-0.2, -0.15) is 0 Å². The van der Waals surface area contributed by atoms with Crippen molar-refractivity contribution in [2.75, 3.05) is 25.5 Å². The first-order valence-electron chi connectivity index (χ1n) is 14.9. The Kier molecular flexibility index (Phi) is 11.3. The predicted octanol–water partition coefficient (Wildman–Crippen LogP) is 6.45. The number of halogens is 2. The number of sulfone groups is 1. The van der Waals surface area contributed by atoms with Crippen LogP contribution in [0.3, 0.4) is 0 Å². The maximum atomic E-state index is 14.3. The molecule has 46 heavy (non-hydrogen) atoms. The first-order valence-corrected chi connectivity index (χ1v) is 18.1. The minimum Gasteiger partial charge on any atom is -0.494 e. The van der Waals surface area contributed by atoms with Crippen LogP contribution in [-0.4, -0.2) is 56.4 Å². The minimum atomic E-state index is -3.75. The summed E-state index contributed by atoms with van der Waals surface area (Å²) >= 11 is 6.92. The lowest BCUT2D eigenvalue weighted by molar-refractivity contribution is -0.129. The third kappa shape index (κ3) is 8.25. The van der Waals surface area contributed by atoms with Crippen LogP contribution in [0.2, 0.25) is 0 Å². The summed E-state index contributed by atoms with van der Waals surface area (Å²) in [6, 6.07) is 30.6. The summed E-state index contributed by atoms with van der Waals surface area (Å²) in [4.78, 5) is 19.5. The number of nitrogens with one attached hydrogen (secondary N) is 1. The van der Waals surface area contributed by atoms with Crippen LogP contribution < -0.4 is 10.1 Å². The van der Waals surface area contributed by atoms with Crippen LogP contribution in [0, 0.1) is 0 Å². The number of carbonyl (C=O) groups is 1. The molecular formula is C35H34Br2N2O6S. The highest BCUT2D eigenvalue weighted by Crippen LogP contribution is 2.43. The number of benzene rings is 4. The van der Waals surface area contributed by atoms with Crippen molar-refractivity contribution in [1.82, 2.24) is 5.32 Å². The molecule has 1 aliphatic rings. The predicted molar refractivity (Wildman–Crippen MR) is 185 cm³/mol. The van der Waals surface area contributed by atoms with E-state index in [-0.39, 0.29) is 29.6 Å². The van der Waals surface area contributed by atoms with Crippen molar-refractivity contribution < 1.29 is 27.8 Å². The van der Waals surface area contributed by atoms with Gasteiger partial charge in [-0.3, -0.25) is 4.79 Å². The molecule has 0 saturated heterocycles. The first kappa shape index (κ1) is 33.8. The van der Waals surface area contributed by atoms with Crippen molar-refractivity contribution in [3.05, 3.63) is 129 Å². The molecule has 5 rings (SSSR count). The van der Waals surface area contributed by atoms with E-state index in [1.807, 2.05) is 48.5 Å². The van der Waals surface area contributed by atoms with Gasteiger partial charge in [0.15, 0.2) is 21.5 Å². The second kappa shape index (κ2) is 15.4. The van der Waals surface area contributed by atoms with Crippen LogP contribution in [0.25, 0.3) is 0 Å². The molecule has 2 atom stereocenters. The highest BCUT2D eigenvalue weighted by Gasteiger charge is 2.53. The Morgan fingerprint density at radius 3 is 2.22 bits per heavy atom. The van der Waals surface area contributed by atoms with Crippen molar-refractivity contribution in [2.24, 2.45) is 4.99 Å². The number of aliphatic imine (C=N–C) groups is 1. The van der Waals surface area contributed by atoms with Gasteiger partial charge < -0.3 is 19.9 Å². The molecule has 240 valence electrons. The summed E-state index contributed by atoms with van der Waals surface area (Å²) in [7, 11) is -3.75. The molecule has 0 bridgehead atoms. The molecule has 0 aliphatic carbocycles. The molecule has 0 aromatic heterocycles. The Morgan fingerprint density at radius 1 is 0.913 bits per heavy atom. The number of amides is 1. The molecule has 1 aliphatic heterocycles. The Labute approximate surface area is 286 Å². The van der Waals surface area contributed by atoms with Crippen LogP contribution >= 0.6 is 31.9 Å². The maximum absolute atomic E-state index is 14.3. The summed E-state index contributed by atoms with van der Waals surface area (Å²) in [6.45, 7) is 0.733. The lowest BCUT2D eigenvalue weighted by atomic mass is 9.85. The fourth-order valence-corrected chi connectivity index (χ4v) is 7.08. The van der Waals surface area contributed by atoms with Gasteiger partial charge in [-0.15, -0.1) is 0 Å². The number of aliphatic hydroxyl groups is 1. The van der Waals surface area contributed by atoms with Gasteiger partial charge in [0.25, 0.3) is 5.91 Å². The molecule has 0 unspecified atom stereocenters. The maximum Gasteiger partial charge on any atom is 0.252 e. The summed E-state index contributed by atoms with van der Waals surface area (Å²) in [5.74, 6) is 0.114. The average molecular weight is 771 g/mol. The Balaban J connectivity index is 1.50. The van der Waals surface area contributed by atoms with Crippen molar-refractivity contribution in [1.29, 1.82) is 0 Å². The van der Waals surface area contributed by atoms with Gasteiger partial charge in [-0.05, 0) is 78.2 Å². The molecule has 0 spiro atoms. The number of nitrogens with zero attached hydrogens (tertiary/aromatic N) is 1. The zero-order chi connectivity index (χ0) is 32.6. The van der Waals surface area contributed by atoms with E-state index in [1.165, 1.54) is 0 Å². The molecule has 11 heteroatoms. The van der Waals surface area contributed by atoms with Gasteiger partial charge in [0, 0.05) is 40.5 Å². The molecule has 0 radical (unpaired) electrons. The number of hydrogen-bond acceptors (Lipinski definition) is 7. The van der Waals surface area contributed by atoms with E-state index >= 15 is 0 Å². The molecule has 1 heterocycles. The molecule has 2 N–H and O–H groups in total. The Bertz CT molecular complexity index is 1750. The Morgan fingerprint density at radius 2 is 1.57 bits per heavy atom. The topological polar surface area (TPSA) is 114 Å². The minimum absolute atomic E-state index is 0.0352. The van der Waals surface area contributed by atoms with E-state index in [0.717, 1.165) is 14.5 Å². The molecule has 0 saturated carbocycles. The van der Waals surface area contributed by atoms with Gasteiger partial charge in [0.1, 0.15) is 5.75 Å². The zero-order valence-corrected chi connectivity index (χ0v) is 28.9. The number of rotatable bonds is 14. The van der Waals surface area contributed by atoms with Crippen LogP contribution in [-0.2, 0) is 25.8 Å². The SMILES string of the molecule is O=C(NCCc1ccc(Br)cc1)[C@]1(CCS(=O)(=O)c2ccccc2)N=C(c2ccc(OCCCO)cc2)O[C@@H]1c1ccc(Br)cc1. The van der Waals surface area contributed by atoms with Gasteiger partial charge in [0.05, 0.1) is 17.3 Å². The van der Waals surface area contributed by atoms with Crippen LogP contribution in [0.4, 0.5) is 0 Å². The lowest BCUT2D eigenvalue weighted by Crippen LogP contribution is -2.49. The first-order chi connectivity index (χ1) is 22.2. The normalized spacial score (nSPS) is 17.6. The second-order valence-electron chi connectivity index (χ2n) is 10.9. The quantitative estimate of drug-likeness (QED) is 0.143. The molecular weight excluding hydrogens is 736 g/mol. The monoisotopic (exact) mass is 768 g/mol. The number of aliphatic hydroxyl groups excluding tert-OH is 1. The highest BCUT2D eigenvalue weighted by molar-refractivity contribution is 9.10. The third-order valence-electron chi connectivity index (χ3n) is 7.67. The summed E-state index contributed by atoms with van der Waals surface area (Å²) < 4.78 is 41.0. The summed E-state index contributed by atoms with van der Waals surface area (Å²) in [5, 5.41) is 12.1. The molecule has 4 aromatic carbocycles. The molecule has 1 amide bonds. The molecule has 8 nitrogen and oxygen atoms in total. The van der Waals surface area contributed by atoms with E-state index < -0.39 is 27.4 Å². The van der Waals surface area contributed by atoms with E-state index in [1.54, 1.807) is 54.6 Å². The largest absolute Gasteiger partial charge is 0.494 e. The standard InChI is InChI=1S/C35H34Br2N2O6S/c36-28-13-7-25(8-14-28)19-21-38-34(41)35(20-24-46(42,43)31-5-2-1-3-6-31)32(26-9-15-29(37)16-10-26)45-33(39-35)27-11-17-30(18-12-27)44-23-4-22-40/h1-3,5-18,32,40H,4,19-24H2,(H,38,41)/t32-,35-/m1/s1. The number of ether oxygens (including phenoxy) is 2. The van der Waals surface area contributed by atoms with Gasteiger partial charge in [-0.25, -0.2) is 13.4 Å². The van der Waals surface area contributed by atoms with E-state index in [2.05, 4.69) is 37.2 Å². The summed E-state index contributed by atoms with van der Waals surface area (Å²) in [6.07, 6.45) is 0.0866. The van der Waals surface area contributed by atoms with Crippen molar-refractivity contribution >= 4 is 53.5 Å². The van der Waals surface area contributed by atoms with Gasteiger partial charge in [0.2, 0.25) is 5.90 Å². The fourth-order valence-electron chi connectivity index (χ4n) is 5.17. The van der Waals surface area contributed by atoms with E-state index in [4.69, 9.17) is 19.6 Å². The van der Waals surface area contributed by atoms with Crippen molar-refractivity contribution in [2.45, 2.75) is 35.8 Å². The Hall–Kier alpha value is -3.51. The van der Waals surface area contributed by atoms with Gasteiger partial charge >= 0.3 is 0 Å². The zero-order valence-electron chi connectivity index (χ0n) is 24.9. The molecule has 0 fully saturated rings.